The van der Waals surface area contributed by atoms with E-state index >= 15 is 0 Å². The maximum atomic E-state index is 12.2. The van der Waals surface area contributed by atoms with Gasteiger partial charge < -0.3 is 34.3 Å². The van der Waals surface area contributed by atoms with Crippen LogP contribution in [0.5, 0.6) is 0 Å². The lowest BCUT2D eigenvalue weighted by atomic mass is 10.1. The Bertz CT molecular complexity index is 724. The molecule has 0 bridgehead atoms. The predicted molar refractivity (Wildman–Crippen MR) is 124 cm³/mol. The average molecular weight is 465 g/mol. The number of hydrogen-bond donors (Lipinski definition) is 2. The zero-order valence-electron chi connectivity index (χ0n) is 19.8. The van der Waals surface area contributed by atoms with Gasteiger partial charge in [0.2, 0.25) is 0 Å². The number of ether oxygens (including phenoxy) is 5. The summed E-state index contributed by atoms with van der Waals surface area (Å²) >= 11 is 0. The quantitative estimate of drug-likeness (QED) is 0.285. The highest BCUT2D eigenvalue weighted by atomic mass is 16.6. The first-order valence-electron chi connectivity index (χ1n) is 10.9. The summed E-state index contributed by atoms with van der Waals surface area (Å²) in [5.74, 6) is 2.19. The zero-order valence-corrected chi connectivity index (χ0v) is 19.8. The Morgan fingerprint density at radius 3 is 1.94 bits per heavy atom. The van der Waals surface area contributed by atoms with Crippen LogP contribution in [-0.2, 0) is 30.2 Å². The second kappa shape index (κ2) is 16.9. The molecular formula is C24H36N2O7. The molecule has 0 saturated carbocycles. The van der Waals surface area contributed by atoms with Crippen LogP contribution in [0.15, 0.2) is 24.3 Å². The third-order valence-corrected chi connectivity index (χ3v) is 3.89. The Morgan fingerprint density at radius 2 is 1.39 bits per heavy atom. The molecule has 1 aromatic carbocycles. The number of carbonyl (C=O) groups excluding carboxylic acids is 2. The second-order valence-electron chi connectivity index (χ2n) is 7.90. The molecule has 0 aliphatic carbocycles. The van der Waals surface area contributed by atoms with Crippen molar-refractivity contribution in [2.75, 3.05) is 59.4 Å². The molecule has 0 fully saturated rings. The summed E-state index contributed by atoms with van der Waals surface area (Å²) in [6, 6.07) is 6.99. The second-order valence-corrected chi connectivity index (χ2v) is 7.90. The maximum absolute atomic E-state index is 12.2. The summed E-state index contributed by atoms with van der Waals surface area (Å²) in [6.07, 6.45) is 4.58. The van der Waals surface area contributed by atoms with E-state index < -0.39 is 11.7 Å². The van der Waals surface area contributed by atoms with Crippen molar-refractivity contribution in [2.24, 2.45) is 0 Å². The molecule has 0 saturated heterocycles. The Balaban J connectivity index is 2.04. The van der Waals surface area contributed by atoms with E-state index in [1.807, 2.05) is 0 Å². The molecule has 2 amide bonds. The fourth-order valence-electron chi connectivity index (χ4n) is 2.39. The Morgan fingerprint density at radius 1 is 0.848 bits per heavy atom. The largest absolute Gasteiger partial charge is 0.444 e. The Labute approximate surface area is 196 Å². The first-order valence-corrected chi connectivity index (χ1v) is 10.9. The van der Waals surface area contributed by atoms with Gasteiger partial charge in [0, 0.05) is 18.7 Å². The predicted octanol–water partition coefficient (Wildman–Crippen LogP) is 2.14. The highest BCUT2D eigenvalue weighted by molar-refractivity contribution is 5.94. The minimum atomic E-state index is -0.545. The number of terminal acetylenes is 1. The van der Waals surface area contributed by atoms with Crippen LogP contribution in [0.3, 0.4) is 0 Å². The van der Waals surface area contributed by atoms with E-state index in [0.717, 1.165) is 5.56 Å². The topological polar surface area (TPSA) is 104 Å². The first kappa shape index (κ1) is 28.4. The molecule has 9 nitrogen and oxygen atoms in total. The SMILES string of the molecule is C#CCOCCOCCOCCOCCNC(=O)c1ccc(CNC(=O)OC(C)(C)C)cc1. The van der Waals surface area contributed by atoms with Gasteiger partial charge in [-0.25, -0.2) is 4.79 Å². The van der Waals surface area contributed by atoms with Gasteiger partial charge in [0.05, 0.1) is 46.2 Å². The van der Waals surface area contributed by atoms with Crippen LogP contribution in [-0.4, -0.2) is 77.0 Å². The van der Waals surface area contributed by atoms with Gasteiger partial charge in [-0.05, 0) is 38.5 Å². The number of nitrogens with one attached hydrogen (secondary N) is 2. The van der Waals surface area contributed by atoms with Gasteiger partial charge in [-0.15, -0.1) is 6.42 Å². The van der Waals surface area contributed by atoms with Crippen molar-refractivity contribution in [1.29, 1.82) is 0 Å². The first-order chi connectivity index (χ1) is 15.8. The van der Waals surface area contributed by atoms with Gasteiger partial charge in [0.15, 0.2) is 0 Å². The molecule has 0 heterocycles. The minimum absolute atomic E-state index is 0.190. The molecule has 1 rings (SSSR count). The van der Waals surface area contributed by atoms with Crippen LogP contribution in [0, 0.1) is 12.3 Å². The van der Waals surface area contributed by atoms with Crippen molar-refractivity contribution < 1.29 is 33.3 Å². The Hall–Kier alpha value is -2.64. The van der Waals surface area contributed by atoms with Crippen LogP contribution in [0.2, 0.25) is 0 Å². The number of benzene rings is 1. The minimum Gasteiger partial charge on any atom is -0.444 e. The molecule has 0 radical (unpaired) electrons. The molecule has 2 N–H and O–H groups in total. The lowest BCUT2D eigenvalue weighted by Crippen LogP contribution is -2.32. The summed E-state index contributed by atoms with van der Waals surface area (Å²) < 4.78 is 26.4. The summed E-state index contributed by atoms with van der Waals surface area (Å²) in [6.45, 7) is 9.57. The summed E-state index contributed by atoms with van der Waals surface area (Å²) in [5, 5.41) is 5.48. The molecule has 1 aromatic rings. The number of carbonyl (C=O) groups is 2. The smallest absolute Gasteiger partial charge is 0.407 e. The fraction of sp³-hybridized carbons (Fsp3) is 0.583. The van der Waals surface area contributed by atoms with E-state index in [4.69, 9.17) is 30.1 Å². The van der Waals surface area contributed by atoms with E-state index in [9.17, 15) is 9.59 Å². The molecule has 33 heavy (non-hydrogen) atoms. The molecule has 0 unspecified atom stereocenters. The summed E-state index contributed by atoms with van der Waals surface area (Å²) in [4.78, 5) is 23.9. The maximum Gasteiger partial charge on any atom is 0.407 e. The number of alkyl carbamates (subject to hydrolysis) is 1. The van der Waals surface area contributed by atoms with Gasteiger partial charge in [-0.1, -0.05) is 18.1 Å². The van der Waals surface area contributed by atoms with E-state index in [1.165, 1.54) is 0 Å². The van der Waals surface area contributed by atoms with Gasteiger partial charge in [-0.2, -0.15) is 0 Å². The molecule has 0 aliphatic heterocycles. The lowest BCUT2D eigenvalue weighted by Gasteiger charge is -2.19. The summed E-state index contributed by atoms with van der Waals surface area (Å²) in [5.41, 5.74) is 0.851. The molecule has 0 atom stereocenters. The molecule has 9 heteroatoms. The van der Waals surface area contributed by atoms with Gasteiger partial charge in [-0.3, -0.25) is 4.79 Å². The van der Waals surface area contributed by atoms with Crippen LogP contribution < -0.4 is 10.6 Å². The fourth-order valence-corrected chi connectivity index (χ4v) is 2.39. The van der Waals surface area contributed by atoms with Gasteiger partial charge in [0.25, 0.3) is 5.91 Å². The number of hydrogen-bond acceptors (Lipinski definition) is 7. The Kier molecular flexibility index (Phi) is 14.6. The van der Waals surface area contributed by atoms with Crippen LogP contribution in [0.4, 0.5) is 4.79 Å². The van der Waals surface area contributed by atoms with E-state index in [2.05, 4.69) is 16.6 Å². The molecule has 0 aromatic heterocycles. The highest BCUT2D eigenvalue weighted by Gasteiger charge is 2.15. The van der Waals surface area contributed by atoms with Crippen molar-refractivity contribution in [3.05, 3.63) is 35.4 Å². The normalized spacial score (nSPS) is 11.0. The third kappa shape index (κ3) is 15.7. The van der Waals surface area contributed by atoms with Crippen molar-refractivity contribution in [1.82, 2.24) is 10.6 Å². The van der Waals surface area contributed by atoms with Crippen molar-refractivity contribution >= 4 is 12.0 Å². The molecule has 0 aliphatic rings. The molecule has 184 valence electrons. The van der Waals surface area contributed by atoms with E-state index in [0.29, 0.717) is 71.5 Å². The standard InChI is InChI=1S/C24H36N2O7/c1-5-11-29-13-15-31-17-18-32-16-14-30-12-10-25-22(27)21-8-6-20(7-9-21)19-26-23(28)33-24(2,3)4/h1,6-9H,10-19H2,2-4H3,(H,25,27)(H,26,28). The molecular weight excluding hydrogens is 428 g/mol. The van der Waals surface area contributed by atoms with E-state index in [-0.39, 0.29) is 5.91 Å². The lowest BCUT2D eigenvalue weighted by molar-refractivity contribution is 0.00176. The van der Waals surface area contributed by atoms with Gasteiger partial charge in [0.1, 0.15) is 12.2 Å². The third-order valence-electron chi connectivity index (χ3n) is 3.89. The average Bonchev–Trinajstić information content (AvgIpc) is 2.77. The van der Waals surface area contributed by atoms with E-state index in [1.54, 1.807) is 45.0 Å². The van der Waals surface area contributed by atoms with Crippen molar-refractivity contribution in [2.45, 2.75) is 32.9 Å². The van der Waals surface area contributed by atoms with Crippen molar-refractivity contribution in [3.63, 3.8) is 0 Å². The summed E-state index contributed by atoms with van der Waals surface area (Å²) in [7, 11) is 0. The zero-order chi connectivity index (χ0) is 24.4. The van der Waals surface area contributed by atoms with Crippen LogP contribution >= 0.6 is 0 Å². The van der Waals surface area contributed by atoms with Crippen LogP contribution in [0.25, 0.3) is 0 Å². The molecule has 0 spiro atoms. The monoisotopic (exact) mass is 464 g/mol. The highest BCUT2D eigenvalue weighted by Crippen LogP contribution is 2.08. The number of rotatable bonds is 16. The van der Waals surface area contributed by atoms with Gasteiger partial charge >= 0.3 is 6.09 Å². The van der Waals surface area contributed by atoms with Crippen LogP contribution in [0.1, 0.15) is 36.7 Å². The number of amides is 2. The van der Waals surface area contributed by atoms with Crippen molar-refractivity contribution in [3.8, 4) is 12.3 Å².